The Morgan fingerprint density at radius 2 is 1.91 bits per heavy atom. The fourth-order valence-corrected chi connectivity index (χ4v) is 4.24. The minimum Gasteiger partial charge on any atom is -0.477 e. The van der Waals surface area contributed by atoms with Crippen LogP contribution in [-0.2, 0) is 11.2 Å². The number of halogens is 2. The van der Waals surface area contributed by atoms with Gasteiger partial charge in [-0.1, -0.05) is 59.6 Å². The largest absolute Gasteiger partial charge is 0.477 e. The van der Waals surface area contributed by atoms with Gasteiger partial charge >= 0.3 is 5.97 Å². The van der Waals surface area contributed by atoms with Crippen LogP contribution in [0.5, 0.6) is 0 Å². The maximum Gasteiger partial charge on any atom is 0.341 e. The number of fused-ring (bicyclic) bond motifs is 1. The number of amides is 1. The number of benzene rings is 2. The third kappa shape index (κ3) is 4.74. The lowest BCUT2D eigenvalue weighted by molar-refractivity contribution is -0.118. The first-order valence-corrected chi connectivity index (χ1v) is 11.2. The van der Waals surface area contributed by atoms with Crippen LogP contribution in [0.15, 0.2) is 66.0 Å². The molecule has 1 aliphatic heterocycles. The van der Waals surface area contributed by atoms with Crippen LogP contribution in [-0.4, -0.2) is 33.3 Å². The summed E-state index contributed by atoms with van der Waals surface area (Å²) in [5.74, 6) is -1.07. The molecule has 4 rings (SSSR count). The number of nitrogens with zero attached hydrogens (tertiary/aromatic N) is 2. The fraction of sp³-hybridized carbons (Fsp3) is 0.208. The van der Waals surface area contributed by atoms with E-state index in [1.54, 1.807) is 25.1 Å². The van der Waals surface area contributed by atoms with Gasteiger partial charge in [-0.15, -0.1) is 0 Å². The summed E-state index contributed by atoms with van der Waals surface area (Å²) in [6.07, 6.45) is 2.89. The average Bonchev–Trinajstić information content (AvgIpc) is 3.22. The Bertz CT molecular complexity index is 1240. The molecule has 3 N–H and O–H groups in total. The number of aromatic carboxylic acids is 1. The molecule has 0 saturated heterocycles. The molecule has 33 heavy (non-hydrogen) atoms. The lowest BCUT2D eigenvalue weighted by atomic mass is 9.94. The van der Waals surface area contributed by atoms with E-state index in [2.05, 4.69) is 27.9 Å². The van der Waals surface area contributed by atoms with Crippen molar-refractivity contribution >= 4 is 40.9 Å². The Morgan fingerprint density at radius 3 is 2.61 bits per heavy atom. The van der Waals surface area contributed by atoms with E-state index in [1.165, 1.54) is 16.4 Å². The van der Waals surface area contributed by atoms with Crippen LogP contribution in [0.4, 0.5) is 5.82 Å². The third-order valence-corrected chi connectivity index (χ3v) is 6.27. The molecule has 0 spiro atoms. The number of carbonyl (C=O) groups is 2. The van der Waals surface area contributed by atoms with Gasteiger partial charge in [0, 0.05) is 12.2 Å². The van der Waals surface area contributed by atoms with Crippen LogP contribution in [0.2, 0.25) is 10.0 Å². The van der Waals surface area contributed by atoms with Crippen molar-refractivity contribution in [2.45, 2.75) is 25.8 Å². The molecule has 1 atom stereocenters. The summed E-state index contributed by atoms with van der Waals surface area (Å²) < 4.78 is 1.49. The van der Waals surface area contributed by atoms with Crippen LogP contribution in [0.1, 0.15) is 40.9 Å². The van der Waals surface area contributed by atoms with Crippen LogP contribution < -0.4 is 10.6 Å². The molecule has 7 nitrogen and oxygen atoms in total. The molecule has 0 saturated carbocycles. The fourth-order valence-electron chi connectivity index (χ4n) is 3.93. The summed E-state index contributed by atoms with van der Waals surface area (Å²) in [4.78, 5) is 24.9. The molecular weight excluding hydrogens is 463 g/mol. The molecular formula is C24H22Cl2N4O3. The normalized spacial score (nSPS) is 15.1. The first kappa shape index (κ1) is 22.9. The van der Waals surface area contributed by atoms with Gasteiger partial charge in [0.25, 0.3) is 5.91 Å². The summed E-state index contributed by atoms with van der Waals surface area (Å²) in [5, 5.41) is 20.6. The number of aromatic nitrogens is 2. The monoisotopic (exact) mass is 484 g/mol. The molecule has 1 amide bonds. The first-order valence-electron chi connectivity index (χ1n) is 10.4. The Balaban J connectivity index is 1.62. The van der Waals surface area contributed by atoms with Crippen molar-refractivity contribution in [3.05, 3.63) is 92.7 Å². The van der Waals surface area contributed by atoms with Crippen molar-refractivity contribution in [1.29, 1.82) is 0 Å². The van der Waals surface area contributed by atoms with Gasteiger partial charge in [-0.05, 0) is 43.0 Å². The van der Waals surface area contributed by atoms with Crippen molar-refractivity contribution in [3.8, 4) is 0 Å². The summed E-state index contributed by atoms with van der Waals surface area (Å²) in [6, 6.07) is 14.5. The van der Waals surface area contributed by atoms with E-state index >= 15 is 0 Å². The van der Waals surface area contributed by atoms with Gasteiger partial charge in [-0.3, -0.25) is 4.79 Å². The van der Waals surface area contributed by atoms with Crippen molar-refractivity contribution in [1.82, 2.24) is 15.1 Å². The highest BCUT2D eigenvalue weighted by atomic mass is 35.5. The van der Waals surface area contributed by atoms with E-state index in [0.717, 1.165) is 12.8 Å². The molecule has 1 aromatic heterocycles. The highest BCUT2D eigenvalue weighted by Crippen LogP contribution is 2.39. The third-order valence-electron chi connectivity index (χ3n) is 5.53. The summed E-state index contributed by atoms with van der Waals surface area (Å²) >= 11 is 12.3. The van der Waals surface area contributed by atoms with E-state index in [1.807, 2.05) is 18.2 Å². The topological polar surface area (TPSA) is 96.2 Å². The minimum atomic E-state index is -1.11. The van der Waals surface area contributed by atoms with Gasteiger partial charge in [0.2, 0.25) is 0 Å². The lowest BCUT2D eigenvalue weighted by Gasteiger charge is -2.30. The van der Waals surface area contributed by atoms with Crippen molar-refractivity contribution < 1.29 is 14.7 Å². The number of hydrogen-bond donors (Lipinski definition) is 3. The number of carboxylic acid groups (broad SMARTS) is 1. The van der Waals surface area contributed by atoms with Crippen LogP contribution >= 0.6 is 23.2 Å². The van der Waals surface area contributed by atoms with Gasteiger partial charge in [0.05, 0.1) is 21.8 Å². The standard InChI is InChI=1S/C24H22Cl2N4O3/c1-14-20(23(31)27-11-5-8-15-6-3-2-4-7-15)21(16-9-10-18(25)19(26)12-16)30-22(29-14)17(13-28-30)24(32)33/h2-4,6-7,9-10,12-13,21,29H,5,8,11H2,1H3,(H,27,31)(H,32,33). The molecule has 0 bridgehead atoms. The second-order valence-corrected chi connectivity index (χ2v) is 8.56. The van der Waals surface area contributed by atoms with Crippen LogP contribution in [0.25, 0.3) is 0 Å². The molecule has 170 valence electrons. The number of aryl methyl sites for hydroxylation is 1. The number of carboxylic acids is 1. The second kappa shape index (κ2) is 9.68. The summed E-state index contributed by atoms with van der Waals surface area (Å²) in [7, 11) is 0. The van der Waals surface area contributed by atoms with E-state index in [-0.39, 0.29) is 11.5 Å². The van der Waals surface area contributed by atoms with Crippen molar-refractivity contribution in [2.24, 2.45) is 0 Å². The van der Waals surface area contributed by atoms with E-state index in [4.69, 9.17) is 23.2 Å². The molecule has 9 heteroatoms. The van der Waals surface area contributed by atoms with Crippen LogP contribution in [0.3, 0.4) is 0 Å². The quantitative estimate of drug-likeness (QED) is 0.413. The highest BCUT2D eigenvalue weighted by Gasteiger charge is 2.35. The van der Waals surface area contributed by atoms with Gasteiger partial charge in [-0.2, -0.15) is 5.10 Å². The predicted octanol–water partition coefficient (Wildman–Crippen LogP) is 4.93. The summed E-state index contributed by atoms with van der Waals surface area (Å²) in [6.45, 7) is 2.23. The van der Waals surface area contributed by atoms with Crippen LogP contribution in [0, 0.1) is 0 Å². The minimum absolute atomic E-state index is 0.0155. The number of carbonyl (C=O) groups excluding carboxylic acids is 1. The predicted molar refractivity (Wildman–Crippen MR) is 128 cm³/mol. The number of rotatable bonds is 7. The molecule has 3 aromatic rings. The lowest BCUT2D eigenvalue weighted by Crippen LogP contribution is -2.35. The number of hydrogen-bond acceptors (Lipinski definition) is 4. The molecule has 0 radical (unpaired) electrons. The number of nitrogens with one attached hydrogen (secondary N) is 2. The summed E-state index contributed by atoms with van der Waals surface area (Å²) in [5.41, 5.74) is 2.86. The van der Waals surface area contributed by atoms with Gasteiger partial charge < -0.3 is 15.7 Å². The zero-order chi connectivity index (χ0) is 23.5. The Hall–Kier alpha value is -3.29. The molecule has 1 aliphatic rings. The molecule has 0 aliphatic carbocycles. The Morgan fingerprint density at radius 1 is 1.15 bits per heavy atom. The zero-order valence-corrected chi connectivity index (χ0v) is 19.3. The highest BCUT2D eigenvalue weighted by molar-refractivity contribution is 6.42. The SMILES string of the molecule is CC1=C(C(=O)NCCCc2ccccc2)C(c2ccc(Cl)c(Cl)c2)n2ncc(C(=O)O)c2N1. The maximum absolute atomic E-state index is 13.3. The van der Waals surface area contributed by atoms with Gasteiger partial charge in [0.1, 0.15) is 17.4 Å². The van der Waals surface area contributed by atoms with Crippen molar-refractivity contribution in [3.63, 3.8) is 0 Å². The smallest absolute Gasteiger partial charge is 0.341 e. The molecule has 1 unspecified atom stereocenters. The molecule has 0 fully saturated rings. The van der Waals surface area contributed by atoms with Crippen molar-refractivity contribution in [2.75, 3.05) is 11.9 Å². The van der Waals surface area contributed by atoms with E-state index in [0.29, 0.717) is 39.2 Å². The molecule has 2 aromatic carbocycles. The first-order chi connectivity index (χ1) is 15.9. The Kier molecular flexibility index (Phi) is 6.72. The molecule has 2 heterocycles. The maximum atomic E-state index is 13.3. The van der Waals surface area contributed by atoms with Gasteiger partial charge in [-0.25, -0.2) is 9.48 Å². The second-order valence-electron chi connectivity index (χ2n) is 7.74. The number of anilines is 1. The average molecular weight is 485 g/mol. The Labute approximate surface area is 201 Å². The zero-order valence-electron chi connectivity index (χ0n) is 17.8. The van der Waals surface area contributed by atoms with Gasteiger partial charge in [0.15, 0.2) is 0 Å². The van der Waals surface area contributed by atoms with E-state index in [9.17, 15) is 14.7 Å². The van der Waals surface area contributed by atoms with E-state index < -0.39 is 12.0 Å². The number of allylic oxidation sites excluding steroid dienone is 1.